The summed E-state index contributed by atoms with van der Waals surface area (Å²) in [5.41, 5.74) is 0.576. The lowest BCUT2D eigenvalue weighted by Crippen LogP contribution is -2.29. The monoisotopic (exact) mass is 267 g/mol. The van der Waals surface area contributed by atoms with Crippen LogP contribution < -0.4 is 4.74 Å². The van der Waals surface area contributed by atoms with Gasteiger partial charge in [0.2, 0.25) is 5.88 Å². The van der Waals surface area contributed by atoms with Crippen molar-refractivity contribution in [3.05, 3.63) is 23.9 Å². The quantitative estimate of drug-likeness (QED) is 0.798. The Bertz CT molecular complexity index is 402. The number of aromatic nitrogens is 1. The van der Waals surface area contributed by atoms with Gasteiger partial charge in [-0.2, -0.15) is 0 Å². The van der Waals surface area contributed by atoms with Crippen molar-refractivity contribution in [2.24, 2.45) is 11.8 Å². The summed E-state index contributed by atoms with van der Waals surface area (Å²) < 4.78 is 9.97. The van der Waals surface area contributed by atoms with Crippen LogP contribution in [0.1, 0.15) is 32.4 Å². The Morgan fingerprint density at radius 2 is 2.11 bits per heavy atom. The number of aliphatic hydroxyl groups excluding tert-OH is 1. The first kappa shape index (κ1) is 15.4. The predicted molar refractivity (Wildman–Crippen MR) is 70.7 cm³/mol. The Morgan fingerprint density at radius 1 is 1.42 bits per heavy atom. The summed E-state index contributed by atoms with van der Waals surface area (Å²) in [6.45, 7) is 5.80. The highest BCUT2D eigenvalue weighted by molar-refractivity contribution is 5.73. The summed E-state index contributed by atoms with van der Waals surface area (Å²) in [5.74, 6) is -0.555. The first-order valence-electron chi connectivity index (χ1n) is 6.35. The van der Waals surface area contributed by atoms with E-state index in [2.05, 4.69) is 4.98 Å². The van der Waals surface area contributed by atoms with Gasteiger partial charge in [0, 0.05) is 12.3 Å². The van der Waals surface area contributed by atoms with Crippen molar-refractivity contribution < 1.29 is 19.4 Å². The molecule has 2 atom stereocenters. The molecule has 0 radical (unpaired) electrons. The van der Waals surface area contributed by atoms with Crippen LogP contribution in [0.15, 0.2) is 18.3 Å². The van der Waals surface area contributed by atoms with Gasteiger partial charge in [0.1, 0.15) is 0 Å². The number of hydrogen-bond donors (Lipinski definition) is 1. The first-order valence-corrected chi connectivity index (χ1v) is 6.35. The van der Waals surface area contributed by atoms with Crippen LogP contribution in [0.25, 0.3) is 0 Å². The summed E-state index contributed by atoms with van der Waals surface area (Å²) in [7, 11) is 1.52. The molecule has 0 aromatic carbocycles. The Labute approximate surface area is 113 Å². The molecule has 0 aliphatic carbocycles. The molecule has 1 rings (SSSR count). The summed E-state index contributed by atoms with van der Waals surface area (Å²) in [5, 5.41) is 10.3. The molecular weight excluding hydrogens is 246 g/mol. The van der Waals surface area contributed by atoms with Crippen molar-refractivity contribution in [1.82, 2.24) is 4.98 Å². The van der Waals surface area contributed by atoms with E-state index in [1.807, 2.05) is 13.8 Å². The molecule has 19 heavy (non-hydrogen) atoms. The molecular formula is C14H21NO4. The van der Waals surface area contributed by atoms with E-state index in [4.69, 9.17) is 9.47 Å². The Balaban J connectivity index is 2.91. The minimum Gasteiger partial charge on any atom is -0.481 e. The van der Waals surface area contributed by atoms with E-state index in [0.717, 1.165) is 0 Å². The van der Waals surface area contributed by atoms with Crippen LogP contribution in [0.2, 0.25) is 0 Å². The molecule has 2 unspecified atom stereocenters. The maximum Gasteiger partial charge on any atom is 0.312 e. The van der Waals surface area contributed by atoms with Gasteiger partial charge in [-0.3, -0.25) is 4.79 Å². The van der Waals surface area contributed by atoms with Gasteiger partial charge < -0.3 is 14.6 Å². The van der Waals surface area contributed by atoms with Gasteiger partial charge in [-0.05, 0) is 24.5 Å². The molecule has 1 aromatic heterocycles. The van der Waals surface area contributed by atoms with Crippen LogP contribution in [0.3, 0.4) is 0 Å². The van der Waals surface area contributed by atoms with Gasteiger partial charge in [-0.1, -0.05) is 13.8 Å². The second kappa shape index (κ2) is 7.09. The largest absolute Gasteiger partial charge is 0.481 e. The average molecular weight is 267 g/mol. The van der Waals surface area contributed by atoms with Gasteiger partial charge in [-0.15, -0.1) is 0 Å². The van der Waals surface area contributed by atoms with Crippen LogP contribution in [0.4, 0.5) is 0 Å². The molecule has 0 aliphatic heterocycles. The third-order valence-corrected chi connectivity index (χ3v) is 2.93. The second-order valence-corrected chi connectivity index (χ2v) is 4.60. The summed E-state index contributed by atoms with van der Waals surface area (Å²) in [6.07, 6.45) is 0.579. The molecule has 5 nitrogen and oxygen atoms in total. The lowest BCUT2D eigenvalue weighted by Gasteiger charge is -2.24. The van der Waals surface area contributed by atoms with Crippen molar-refractivity contribution in [2.75, 3.05) is 13.7 Å². The molecule has 1 N–H and O–H groups in total. The highest BCUT2D eigenvalue weighted by atomic mass is 16.5. The standard InChI is InChI=1S/C14H21NO4/c1-5-19-14(17)12(9(2)3)13(16)10-6-7-11(18-4)15-8-10/h6-9,12-13,16H,5H2,1-4H3. The lowest BCUT2D eigenvalue weighted by atomic mass is 9.87. The van der Waals surface area contributed by atoms with Crippen LogP contribution >= 0.6 is 0 Å². The Morgan fingerprint density at radius 3 is 2.53 bits per heavy atom. The number of nitrogens with zero attached hydrogens (tertiary/aromatic N) is 1. The number of aliphatic hydroxyl groups is 1. The topological polar surface area (TPSA) is 68.7 Å². The number of carbonyl (C=O) groups excluding carboxylic acids is 1. The number of pyridine rings is 1. The fourth-order valence-corrected chi connectivity index (χ4v) is 1.90. The number of rotatable bonds is 6. The van der Waals surface area contributed by atoms with Crippen LogP contribution in [0.5, 0.6) is 5.88 Å². The lowest BCUT2D eigenvalue weighted by molar-refractivity contribution is -0.154. The molecule has 0 spiro atoms. The Hall–Kier alpha value is -1.62. The summed E-state index contributed by atoms with van der Waals surface area (Å²) in [6, 6.07) is 3.35. The third-order valence-electron chi connectivity index (χ3n) is 2.93. The minimum absolute atomic E-state index is 0.0313. The zero-order chi connectivity index (χ0) is 14.4. The fourth-order valence-electron chi connectivity index (χ4n) is 1.90. The second-order valence-electron chi connectivity index (χ2n) is 4.60. The number of carbonyl (C=O) groups is 1. The zero-order valence-electron chi connectivity index (χ0n) is 11.8. The molecule has 0 aliphatic rings. The van der Waals surface area contributed by atoms with E-state index in [1.54, 1.807) is 19.1 Å². The van der Waals surface area contributed by atoms with Crippen molar-refractivity contribution in [2.45, 2.75) is 26.9 Å². The highest BCUT2D eigenvalue weighted by Gasteiger charge is 2.32. The van der Waals surface area contributed by atoms with E-state index in [9.17, 15) is 9.90 Å². The molecule has 0 saturated carbocycles. The smallest absolute Gasteiger partial charge is 0.312 e. The zero-order valence-corrected chi connectivity index (χ0v) is 11.8. The van der Waals surface area contributed by atoms with Crippen molar-refractivity contribution in [1.29, 1.82) is 0 Å². The predicted octanol–water partition coefficient (Wildman–Crippen LogP) is 1.96. The number of hydrogen-bond acceptors (Lipinski definition) is 5. The molecule has 0 bridgehead atoms. The number of methoxy groups -OCH3 is 1. The minimum atomic E-state index is -0.933. The van der Waals surface area contributed by atoms with Gasteiger partial charge in [0.05, 0.1) is 25.7 Å². The molecule has 0 amide bonds. The maximum absolute atomic E-state index is 11.9. The summed E-state index contributed by atoms with van der Waals surface area (Å²) in [4.78, 5) is 15.9. The summed E-state index contributed by atoms with van der Waals surface area (Å²) >= 11 is 0. The van der Waals surface area contributed by atoms with Crippen molar-refractivity contribution in [3.8, 4) is 5.88 Å². The molecule has 1 heterocycles. The highest BCUT2D eigenvalue weighted by Crippen LogP contribution is 2.29. The normalized spacial score (nSPS) is 14.0. The van der Waals surface area contributed by atoms with E-state index >= 15 is 0 Å². The van der Waals surface area contributed by atoms with Crippen molar-refractivity contribution >= 4 is 5.97 Å². The molecule has 0 fully saturated rings. The molecule has 106 valence electrons. The van der Waals surface area contributed by atoms with Gasteiger partial charge in [-0.25, -0.2) is 4.98 Å². The van der Waals surface area contributed by atoms with Gasteiger partial charge in [0.25, 0.3) is 0 Å². The van der Waals surface area contributed by atoms with Gasteiger partial charge in [0.15, 0.2) is 0 Å². The Kier molecular flexibility index (Phi) is 5.76. The molecule has 0 saturated heterocycles. The molecule has 1 aromatic rings. The number of ether oxygens (including phenoxy) is 2. The van der Waals surface area contributed by atoms with E-state index in [-0.39, 0.29) is 11.9 Å². The van der Waals surface area contributed by atoms with E-state index in [1.165, 1.54) is 13.3 Å². The van der Waals surface area contributed by atoms with Crippen molar-refractivity contribution in [3.63, 3.8) is 0 Å². The average Bonchev–Trinajstić information content (AvgIpc) is 2.38. The SMILES string of the molecule is CCOC(=O)C(C(C)C)C(O)c1ccc(OC)nc1. The van der Waals surface area contributed by atoms with E-state index < -0.39 is 12.0 Å². The van der Waals surface area contributed by atoms with Gasteiger partial charge >= 0.3 is 5.97 Å². The maximum atomic E-state index is 11.9. The van der Waals surface area contributed by atoms with Crippen LogP contribution in [-0.4, -0.2) is 29.8 Å². The van der Waals surface area contributed by atoms with E-state index in [0.29, 0.717) is 18.1 Å². The van der Waals surface area contributed by atoms with Crippen LogP contribution in [-0.2, 0) is 9.53 Å². The fraction of sp³-hybridized carbons (Fsp3) is 0.571. The number of esters is 1. The first-order chi connectivity index (χ1) is 9.01. The molecule has 5 heteroatoms. The third kappa shape index (κ3) is 3.92. The van der Waals surface area contributed by atoms with Crippen LogP contribution in [0, 0.1) is 11.8 Å².